The molecule has 1 aromatic rings. The summed E-state index contributed by atoms with van der Waals surface area (Å²) in [6.45, 7) is 0. The lowest BCUT2D eigenvalue weighted by molar-refractivity contribution is 0.0824. The number of amides is 1. The molecule has 1 rings (SSSR count). The molecule has 0 saturated heterocycles. The zero-order chi connectivity index (χ0) is 10.7. The Hall–Kier alpha value is -1.84. The highest BCUT2D eigenvalue weighted by Crippen LogP contribution is 2.18. The summed E-state index contributed by atoms with van der Waals surface area (Å²) >= 11 is 0. The van der Waals surface area contributed by atoms with Crippen molar-refractivity contribution >= 4 is 12.2 Å². The standard InChI is InChI=1S/C10H11NO3/c1-11(2)10(14)8-4-3-7(6-12)5-9(8)13/h3-6,13H,1-2H3. The van der Waals surface area contributed by atoms with Crippen LogP contribution in [-0.2, 0) is 0 Å². The van der Waals surface area contributed by atoms with Crippen LogP contribution in [0.25, 0.3) is 0 Å². The Labute approximate surface area is 81.8 Å². The molecule has 0 saturated carbocycles. The number of hydrogen-bond acceptors (Lipinski definition) is 3. The van der Waals surface area contributed by atoms with Gasteiger partial charge in [-0.1, -0.05) is 6.07 Å². The molecule has 0 aliphatic carbocycles. The maximum Gasteiger partial charge on any atom is 0.257 e. The third kappa shape index (κ3) is 1.90. The Morgan fingerprint density at radius 2 is 2.07 bits per heavy atom. The lowest BCUT2D eigenvalue weighted by Gasteiger charge is -2.11. The maximum atomic E-state index is 11.4. The van der Waals surface area contributed by atoms with E-state index < -0.39 is 0 Å². The van der Waals surface area contributed by atoms with Crippen molar-refractivity contribution in [2.45, 2.75) is 0 Å². The Morgan fingerprint density at radius 1 is 1.43 bits per heavy atom. The van der Waals surface area contributed by atoms with Gasteiger partial charge in [-0.15, -0.1) is 0 Å². The quantitative estimate of drug-likeness (QED) is 0.710. The largest absolute Gasteiger partial charge is 0.507 e. The molecule has 4 heteroatoms. The molecule has 1 amide bonds. The minimum absolute atomic E-state index is 0.173. The van der Waals surface area contributed by atoms with Crippen LogP contribution in [-0.4, -0.2) is 36.3 Å². The zero-order valence-corrected chi connectivity index (χ0v) is 8.02. The molecule has 0 radical (unpaired) electrons. The molecule has 0 atom stereocenters. The fraction of sp³-hybridized carbons (Fsp3) is 0.200. The molecule has 0 aromatic heterocycles. The Bertz CT molecular complexity index is 372. The number of rotatable bonds is 2. The van der Waals surface area contributed by atoms with Gasteiger partial charge in [-0.25, -0.2) is 0 Å². The first-order valence-corrected chi connectivity index (χ1v) is 4.06. The molecule has 0 spiro atoms. The van der Waals surface area contributed by atoms with E-state index in [-0.39, 0.29) is 17.2 Å². The molecule has 74 valence electrons. The Balaban J connectivity index is 3.12. The van der Waals surface area contributed by atoms with E-state index in [1.165, 1.54) is 23.1 Å². The first-order valence-electron chi connectivity index (χ1n) is 4.06. The van der Waals surface area contributed by atoms with Gasteiger partial charge in [0.05, 0.1) is 5.56 Å². The van der Waals surface area contributed by atoms with Crippen molar-refractivity contribution in [1.29, 1.82) is 0 Å². The molecule has 0 aliphatic rings. The van der Waals surface area contributed by atoms with E-state index in [0.29, 0.717) is 11.8 Å². The van der Waals surface area contributed by atoms with Crippen molar-refractivity contribution in [3.05, 3.63) is 29.3 Å². The maximum absolute atomic E-state index is 11.4. The molecule has 1 N–H and O–H groups in total. The van der Waals surface area contributed by atoms with Gasteiger partial charge in [-0.3, -0.25) is 9.59 Å². The van der Waals surface area contributed by atoms with Crippen LogP contribution in [0.4, 0.5) is 0 Å². The number of aromatic hydroxyl groups is 1. The zero-order valence-electron chi connectivity index (χ0n) is 8.02. The summed E-state index contributed by atoms with van der Waals surface area (Å²) in [4.78, 5) is 23.2. The lowest BCUT2D eigenvalue weighted by atomic mass is 10.1. The van der Waals surface area contributed by atoms with Gasteiger partial charge >= 0.3 is 0 Å². The molecule has 0 unspecified atom stereocenters. The van der Waals surface area contributed by atoms with Crippen LogP contribution < -0.4 is 0 Å². The van der Waals surface area contributed by atoms with Crippen molar-refractivity contribution < 1.29 is 14.7 Å². The summed E-state index contributed by atoms with van der Waals surface area (Å²) in [6, 6.07) is 4.19. The SMILES string of the molecule is CN(C)C(=O)c1ccc(C=O)cc1O. The highest BCUT2D eigenvalue weighted by molar-refractivity contribution is 5.97. The van der Waals surface area contributed by atoms with Crippen LogP contribution in [0.2, 0.25) is 0 Å². The van der Waals surface area contributed by atoms with Gasteiger partial charge in [0.15, 0.2) is 0 Å². The van der Waals surface area contributed by atoms with Gasteiger partial charge < -0.3 is 10.0 Å². The molecule has 1 aromatic carbocycles. The van der Waals surface area contributed by atoms with Gasteiger partial charge in [0.2, 0.25) is 0 Å². The van der Waals surface area contributed by atoms with Crippen molar-refractivity contribution in [1.82, 2.24) is 4.90 Å². The number of carbonyl (C=O) groups excluding carboxylic acids is 2. The van der Waals surface area contributed by atoms with Gasteiger partial charge in [0.1, 0.15) is 12.0 Å². The minimum Gasteiger partial charge on any atom is -0.507 e. The summed E-state index contributed by atoms with van der Waals surface area (Å²) in [5, 5.41) is 9.44. The van der Waals surface area contributed by atoms with E-state index in [0.717, 1.165) is 0 Å². The summed E-state index contributed by atoms with van der Waals surface area (Å²) in [7, 11) is 3.19. The molecule has 0 heterocycles. The van der Waals surface area contributed by atoms with Crippen LogP contribution >= 0.6 is 0 Å². The summed E-state index contributed by atoms with van der Waals surface area (Å²) < 4.78 is 0. The highest BCUT2D eigenvalue weighted by Gasteiger charge is 2.12. The average Bonchev–Trinajstić information content (AvgIpc) is 2.16. The third-order valence-electron chi connectivity index (χ3n) is 1.79. The number of hydrogen-bond donors (Lipinski definition) is 1. The predicted molar refractivity (Wildman–Crippen MR) is 51.5 cm³/mol. The Kier molecular flexibility index (Phi) is 2.86. The van der Waals surface area contributed by atoms with Crippen LogP contribution in [0.5, 0.6) is 5.75 Å². The van der Waals surface area contributed by atoms with Gasteiger partial charge in [0.25, 0.3) is 5.91 Å². The predicted octanol–water partition coefficient (Wildman–Crippen LogP) is 0.907. The molecular formula is C10H11NO3. The number of carbonyl (C=O) groups is 2. The first kappa shape index (κ1) is 10.2. The second-order valence-corrected chi connectivity index (χ2v) is 3.09. The molecular weight excluding hydrogens is 182 g/mol. The minimum atomic E-state index is -0.292. The molecule has 4 nitrogen and oxygen atoms in total. The van der Waals surface area contributed by atoms with Crippen molar-refractivity contribution in [2.75, 3.05) is 14.1 Å². The summed E-state index contributed by atoms with van der Waals surface area (Å²) in [6.07, 6.45) is 0.615. The van der Waals surface area contributed by atoms with E-state index in [1.54, 1.807) is 14.1 Å². The van der Waals surface area contributed by atoms with Crippen molar-refractivity contribution in [3.8, 4) is 5.75 Å². The van der Waals surface area contributed by atoms with Crippen LogP contribution in [0.15, 0.2) is 18.2 Å². The highest BCUT2D eigenvalue weighted by atomic mass is 16.3. The van der Waals surface area contributed by atoms with Crippen molar-refractivity contribution in [3.63, 3.8) is 0 Å². The monoisotopic (exact) mass is 193 g/mol. The fourth-order valence-electron chi connectivity index (χ4n) is 1.04. The second-order valence-electron chi connectivity index (χ2n) is 3.09. The molecule has 0 bridgehead atoms. The molecule has 14 heavy (non-hydrogen) atoms. The third-order valence-corrected chi connectivity index (χ3v) is 1.79. The number of aldehydes is 1. The summed E-state index contributed by atoms with van der Waals surface area (Å²) in [5.74, 6) is -0.465. The number of phenolic OH excluding ortho intramolecular Hbond substituents is 1. The second kappa shape index (κ2) is 3.91. The Morgan fingerprint density at radius 3 is 2.50 bits per heavy atom. The molecule has 0 fully saturated rings. The van der Waals surface area contributed by atoms with Crippen LogP contribution in [0, 0.1) is 0 Å². The topological polar surface area (TPSA) is 57.6 Å². The van der Waals surface area contributed by atoms with E-state index in [2.05, 4.69) is 0 Å². The fourth-order valence-corrected chi connectivity index (χ4v) is 1.04. The number of nitrogens with zero attached hydrogens (tertiary/aromatic N) is 1. The first-order chi connectivity index (χ1) is 6.56. The average molecular weight is 193 g/mol. The lowest BCUT2D eigenvalue weighted by Crippen LogP contribution is -2.21. The van der Waals surface area contributed by atoms with E-state index in [9.17, 15) is 14.7 Å². The van der Waals surface area contributed by atoms with Gasteiger partial charge in [-0.2, -0.15) is 0 Å². The summed E-state index contributed by atoms with van der Waals surface area (Å²) in [5.41, 5.74) is 0.540. The number of phenols is 1. The van der Waals surface area contributed by atoms with Gasteiger partial charge in [-0.05, 0) is 12.1 Å². The van der Waals surface area contributed by atoms with E-state index >= 15 is 0 Å². The normalized spacial score (nSPS) is 9.57. The molecule has 0 aliphatic heterocycles. The van der Waals surface area contributed by atoms with E-state index in [1.807, 2.05) is 0 Å². The van der Waals surface area contributed by atoms with E-state index in [4.69, 9.17) is 0 Å². The number of benzene rings is 1. The van der Waals surface area contributed by atoms with Crippen LogP contribution in [0.1, 0.15) is 20.7 Å². The van der Waals surface area contributed by atoms with Crippen LogP contribution in [0.3, 0.4) is 0 Å². The smallest absolute Gasteiger partial charge is 0.257 e. The van der Waals surface area contributed by atoms with Crippen molar-refractivity contribution in [2.24, 2.45) is 0 Å². The van der Waals surface area contributed by atoms with Gasteiger partial charge in [0, 0.05) is 19.7 Å².